The topological polar surface area (TPSA) is 16.1 Å². The minimum Gasteiger partial charge on any atom is -0.301 e. The Balaban J connectivity index is 1.60. The number of hydrogen-bond acceptors (Lipinski definition) is 4. The predicted octanol–water partition coefficient (Wildman–Crippen LogP) is 5.60. The molecule has 2 aromatic carbocycles. The van der Waals surface area contributed by atoms with Crippen LogP contribution in [0.3, 0.4) is 0 Å². The molecule has 25 heavy (non-hydrogen) atoms. The molecule has 0 spiro atoms. The molecule has 3 heterocycles. The van der Waals surface area contributed by atoms with Crippen molar-refractivity contribution in [2.24, 2.45) is 0 Å². The molecule has 2 nitrogen and oxygen atoms in total. The summed E-state index contributed by atoms with van der Waals surface area (Å²) in [6.45, 7) is 2.07. The van der Waals surface area contributed by atoms with E-state index >= 15 is 0 Å². The van der Waals surface area contributed by atoms with Crippen LogP contribution in [0.1, 0.15) is 22.6 Å². The Morgan fingerprint density at radius 2 is 2.00 bits per heavy atom. The van der Waals surface area contributed by atoms with Crippen LogP contribution < -0.4 is 0 Å². The molecule has 0 fully saturated rings. The van der Waals surface area contributed by atoms with Crippen LogP contribution >= 0.6 is 22.7 Å². The second-order valence-electron chi connectivity index (χ2n) is 6.72. The van der Waals surface area contributed by atoms with E-state index in [-0.39, 0.29) is 0 Å². The molecule has 4 aromatic rings. The van der Waals surface area contributed by atoms with Crippen molar-refractivity contribution in [1.29, 1.82) is 0 Å². The lowest BCUT2D eigenvalue weighted by molar-refractivity contribution is 0.295. The molecule has 0 N–H and O–H groups in total. The van der Waals surface area contributed by atoms with Gasteiger partial charge in [0.05, 0.1) is 0 Å². The fourth-order valence-electron chi connectivity index (χ4n) is 3.83. The van der Waals surface area contributed by atoms with Gasteiger partial charge < -0.3 is 4.90 Å². The smallest absolute Gasteiger partial charge is 0.123 e. The number of fused-ring (bicyclic) bond motifs is 2. The van der Waals surface area contributed by atoms with Gasteiger partial charge in [-0.1, -0.05) is 18.2 Å². The first-order valence-corrected chi connectivity index (χ1v) is 10.2. The molecule has 1 aliphatic rings. The minimum atomic E-state index is 0.434. The number of nitrogens with zero attached hydrogens (tertiary/aromatic N) is 2. The lowest BCUT2D eigenvalue weighted by atomic mass is 9.84. The lowest BCUT2D eigenvalue weighted by Crippen LogP contribution is -2.31. The van der Waals surface area contributed by atoms with E-state index in [4.69, 9.17) is 0 Å². The van der Waals surface area contributed by atoms with Crippen molar-refractivity contribution >= 4 is 32.8 Å². The number of thiophene rings is 1. The number of benzene rings is 2. The zero-order chi connectivity index (χ0) is 16.8. The van der Waals surface area contributed by atoms with Crippen molar-refractivity contribution in [3.05, 3.63) is 76.1 Å². The number of likely N-dealkylation sites (N-methyl/N-ethyl adjacent to an activating group) is 1. The molecule has 0 saturated heterocycles. The van der Waals surface area contributed by atoms with E-state index in [1.807, 2.05) is 22.9 Å². The summed E-state index contributed by atoms with van der Waals surface area (Å²) < 4.78 is 1.37. The predicted molar refractivity (Wildman–Crippen MR) is 108 cm³/mol. The molecular weight excluding hydrogens is 344 g/mol. The van der Waals surface area contributed by atoms with Crippen molar-refractivity contribution in [2.75, 3.05) is 13.6 Å². The Labute approximate surface area is 155 Å². The Hall–Kier alpha value is -2.01. The molecule has 124 valence electrons. The van der Waals surface area contributed by atoms with Gasteiger partial charge in [-0.2, -0.15) is 0 Å². The van der Waals surface area contributed by atoms with Crippen LogP contribution in [-0.4, -0.2) is 23.5 Å². The SMILES string of the molecule is CN1Cc2cc(-c3nccs3)ccc2C(c2ccc3sccc3c2)C1. The van der Waals surface area contributed by atoms with Gasteiger partial charge in [-0.25, -0.2) is 4.98 Å². The highest BCUT2D eigenvalue weighted by Crippen LogP contribution is 2.37. The third kappa shape index (κ3) is 2.71. The monoisotopic (exact) mass is 362 g/mol. The number of aromatic nitrogens is 1. The van der Waals surface area contributed by atoms with E-state index in [1.165, 1.54) is 32.3 Å². The highest BCUT2D eigenvalue weighted by Gasteiger charge is 2.25. The largest absolute Gasteiger partial charge is 0.301 e. The maximum atomic E-state index is 4.47. The van der Waals surface area contributed by atoms with Gasteiger partial charge in [0.2, 0.25) is 0 Å². The molecule has 0 radical (unpaired) electrons. The summed E-state index contributed by atoms with van der Waals surface area (Å²) in [4.78, 5) is 6.89. The van der Waals surface area contributed by atoms with E-state index in [1.54, 1.807) is 11.3 Å². The second kappa shape index (κ2) is 6.06. The van der Waals surface area contributed by atoms with Crippen LogP contribution in [0.2, 0.25) is 0 Å². The van der Waals surface area contributed by atoms with Gasteiger partial charge in [0.25, 0.3) is 0 Å². The van der Waals surface area contributed by atoms with Crippen LogP contribution in [0.25, 0.3) is 20.7 Å². The molecule has 2 aromatic heterocycles. The molecule has 5 rings (SSSR count). The van der Waals surface area contributed by atoms with Gasteiger partial charge in [0, 0.05) is 40.8 Å². The van der Waals surface area contributed by atoms with Gasteiger partial charge >= 0.3 is 0 Å². The molecule has 0 amide bonds. The summed E-state index contributed by atoms with van der Waals surface area (Å²) in [5, 5.41) is 6.68. The molecular formula is C21H18N2S2. The zero-order valence-electron chi connectivity index (χ0n) is 14.0. The van der Waals surface area contributed by atoms with Crippen LogP contribution in [0.4, 0.5) is 0 Å². The fourth-order valence-corrected chi connectivity index (χ4v) is 5.24. The maximum absolute atomic E-state index is 4.47. The van der Waals surface area contributed by atoms with Crippen molar-refractivity contribution in [1.82, 2.24) is 9.88 Å². The average molecular weight is 363 g/mol. The van der Waals surface area contributed by atoms with E-state index < -0.39 is 0 Å². The van der Waals surface area contributed by atoms with Gasteiger partial charge in [-0.15, -0.1) is 22.7 Å². The third-order valence-corrected chi connectivity index (χ3v) is 6.73. The molecule has 4 heteroatoms. The van der Waals surface area contributed by atoms with E-state index in [0.717, 1.165) is 18.1 Å². The van der Waals surface area contributed by atoms with Gasteiger partial charge in [-0.3, -0.25) is 0 Å². The third-order valence-electron chi connectivity index (χ3n) is 5.01. The Morgan fingerprint density at radius 3 is 2.88 bits per heavy atom. The van der Waals surface area contributed by atoms with Crippen LogP contribution in [0, 0.1) is 0 Å². The molecule has 1 aliphatic heterocycles. The summed E-state index contributed by atoms with van der Waals surface area (Å²) in [6.07, 6.45) is 1.88. The van der Waals surface area contributed by atoms with Crippen molar-refractivity contribution in [3.8, 4) is 10.6 Å². The summed E-state index contributed by atoms with van der Waals surface area (Å²) in [5.74, 6) is 0.434. The molecule has 0 aliphatic carbocycles. The first kappa shape index (κ1) is 15.3. The van der Waals surface area contributed by atoms with Gasteiger partial charge in [0.15, 0.2) is 0 Å². The number of thiazole rings is 1. The van der Waals surface area contributed by atoms with Crippen molar-refractivity contribution < 1.29 is 0 Å². The quantitative estimate of drug-likeness (QED) is 0.461. The summed E-state index contributed by atoms with van der Waals surface area (Å²) in [6, 6.07) is 16.1. The molecule has 0 saturated carbocycles. The fraction of sp³-hybridized carbons (Fsp3) is 0.190. The summed E-state index contributed by atoms with van der Waals surface area (Å²) >= 11 is 3.52. The van der Waals surface area contributed by atoms with E-state index in [2.05, 4.69) is 64.8 Å². The lowest BCUT2D eigenvalue weighted by Gasteiger charge is -2.33. The van der Waals surface area contributed by atoms with Gasteiger partial charge in [-0.05, 0) is 58.8 Å². The number of hydrogen-bond donors (Lipinski definition) is 0. The average Bonchev–Trinajstić information content (AvgIpc) is 3.31. The summed E-state index contributed by atoms with van der Waals surface area (Å²) in [7, 11) is 2.22. The van der Waals surface area contributed by atoms with Crippen LogP contribution in [0.15, 0.2) is 59.4 Å². The van der Waals surface area contributed by atoms with Crippen molar-refractivity contribution in [3.63, 3.8) is 0 Å². The van der Waals surface area contributed by atoms with Crippen molar-refractivity contribution in [2.45, 2.75) is 12.5 Å². The van der Waals surface area contributed by atoms with E-state index in [9.17, 15) is 0 Å². The Morgan fingerprint density at radius 1 is 1.04 bits per heavy atom. The maximum Gasteiger partial charge on any atom is 0.123 e. The number of rotatable bonds is 2. The van der Waals surface area contributed by atoms with Crippen LogP contribution in [-0.2, 0) is 6.54 Å². The normalized spacial score (nSPS) is 17.7. The van der Waals surface area contributed by atoms with E-state index in [0.29, 0.717) is 5.92 Å². The van der Waals surface area contributed by atoms with Crippen LogP contribution in [0.5, 0.6) is 0 Å². The Kier molecular flexibility index (Phi) is 3.70. The first-order valence-electron chi connectivity index (χ1n) is 8.46. The zero-order valence-corrected chi connectivity index (χ0v) is 15.6. The highest BCUT2D eigenvalue weighted by atomic mass is 32.1. The summed E-state index contributed by atoms with van der Waals surface area (Å²) in [5.41, 5.74) is 5.54. The standard InChI is InChI=1S/C21H18N2S2/c1-23-12-17-11-16(21-22-7-9-25-21)2-4-18(17)19(13-23)14-3-5-20-15(10-14)6-8-24-20/h2-11,19H,12-13H2,1H3. The second-order valence-corrected chi connectivity index (χ2v) is 8.56. The molecule has 1 unspecified atom stereocenters. The highest BCUT2D eigenvalue weighted by molar-refractivity contribution is 7.17. The minimum absolute atomic E-state index is 0.434. The molecule has 1 atom stereocenters. The van der Waals surface area contributed by atoms with Gasteiger partial charge in [0.1, 0.15) is 5.01 Å². The molecule has 0 bridgehead atoms. The Bertz CT molecular complexity index is 1030. The first-order chi connectivity index (χ1) is 12.3.